The van der Waals surface area contributed by atoms with Crippen LogP contribution in [0.4, 0.5) is 0 Å². The summed E-state index contributed by atoms with van der Waals surface area (Å²) in [6.07, 6.45) is 7.55. The molecule has 1 fully saturated rings. The Morgan fingerprint density at radius 2 is 1.30 bits per heavy atom. The van der Waals surface area contributed by atoms with Crippen molar-refractivity contribution in [3.63, 3.8) is 0 Å². The molecule has 0 aliphatic heterocycles. The lowest BCUT2D eigenvalue weighted by atomic mass is 9.86. The molecule has 0 bridgehead atoms. The van der Waals surface area contributed by atoms with Gasteiger partial charge < -0.3 is 9.47 Å². The third-order valence-electron chi connectivity index (χ3n) is 7.78. The number of carbonyl (C=O) groups is 2. The molecule has 2 atom stereocenters. The first kappa shape index (κ1) is 29.9. The summed E-state index contributed by atoms with van der Waals surface area (Å²) in [5.74, 6) is 0.629. The first-order valence-corrected chi connectivity index (χ1v) is 16.0. The Balaban J connectivity index is 3.24. The SMILES string of the molecule is CC/C=C/[C@@H]1CC(COC(=O)C(C)(C)C)(COC(=O)C(C)(C)C)C[C@H]1C[Si](CC)(CC)CC. The predicted octanol–water partition coefficient (Wildman–Crippen LogP) is 7.65. The van der Waals surface area contributed by atoms with Crippen molar-refractivity contribution in [1.82, 2.24) is 0 Å². The lowest BCUT2D eigenvalue weighted by Gasteiger charge is -2.34. The molecule has 5 heteroatoms. The van der Waals surface area contributed by atoms with Gasteiger partial charge in [0.15, 0.2) is 0 Å². The van der Waals surface area contributed by atoms with Crippen molar-refractivity contribution in [2.24, 2.45) is 28.1 Å². The molecule has 0 aromatic carbocycles. The molecule has 1 saturated carbocycles. The summed E-state index contributed by atoms with van der Waals surface area (Å²) in [7, 11) is -1.32. The van der Waals surface area contributed by atoms with Crippen LogP contribution in [-0.4, -0.2) is 33.2 Å². The lowest BCUT2D eigenvalue weighted by Crippen LogP contribution is -2.37. The normalized spacial score (nSPS) is 21.4. The van der Waals surface area contributed by atoms with Crippen molar-refractivity contribution in [2.45, 2.75) is 113 Å². The fourth-order valence-corrected chi connectivity index (χ4v) is 9.03. The van der Waals surface area contributed by atoms with E-state index in [-0.39, 0.29) is 17.4 Å². The first-order valence-electron chi connectivity index (χ1n) is 13.2. The number of allylic oxidation sites excluding steroid dienone is 2. The molecule has 192 valence electrons. The molecule has 0 heterocycles. The number of esters is 2. The second-order valence-electron chi connectivity index (χ2n) is 12.6. The third kappa shape index (κ3) is 8.56. The topological polar surface area (TPSA) is 52.6 Å². The van der Waals surface area contributed by atoms with Gasteiger partial charge in [0.2, 0.25) is 0 Å². The highest BCUT2D eigenvalue weighted by Gasteiger charge is 2.49. The molecular formula is C28H52O4Si. The van der Waals surface area contributed by atoms with Gasteiger partial charge in [0.05, 0.1) is 18.9 Å². The van der Waals surface area contributed by atoms with E-state index in [0.29, 0.717) is 25.0 Å². The van der Waals surface area contributed by atoms with Crippen molar-refractivity contribution in [3.05, 3.63) is 12.2 Å². The predicted molar refractivity (Wildman–Crippen MR) is 141 cm³/mol. The largest absolute Gasteiger partial charge is 0.465 e. The van der Waals surface area contributed by atoms with Gasteiger partial charge in [-0.1, -0.05) is 64.0 Å². The maximum absolute atomic E-state index is 12.6. The van der Waals surface area contributed by atoms with Gasteiger partial charge in [0, 0.05) is 5.41 Å². The van der Waals surface area contributed by atoms with Gasteiger partial charge in [-0.2, -0.15) is 0 Å². The minimum Gasteiger partial charge on any atom is -0.465 e. The Kier molecular flexibility index (Phi) is 10.9. The fraction of sp³-hybridized carbons (Fsp3) is 0.857. The van der Waals surface area contributed by atoms with E-state index in [0.717, 1.165) is 19.3 Å². The van der Waals surface area contributed by atoms with E-state index in [9.17, 15) is 9.59 Å². The van der Waals surface area contributed by atoms with Crippen molar-refractivity contribution >= 4 is 20.0 Å². The van der Waals surface area contributed by atoms with E-state index >= 15 is 0 Å². The van der Waals surface area contributed by atoms with E-state index in [1.54, 1.807) is 0 Å². The highest BCUT2D eigenvalue weighted by Crippen LogP contribution is 2.51. The van der Waals surface area contributed by atoms with Crippen molar-refractivity contribution in [1.29, 1.82) is 0 Å². The van der Waals surface area contributed by atoms with Crippen LogP contribution in [0.25, 0.3) is 0 Å². The summed E-state index contributed by atoms with van der Waals surface area (Å²) < 4.78 is 11.8. The Morgan fingerprint density at radius 1 is 0.848 bits per heavy atom. The van der Waals surface area contributed by atoms with E-state index in [1.807, 2.05) is 41.5 Å². The van der Waals surface area contributed by atoms with Gasteiger partial charge in [0.1, 0.15) is 13.2 Å². The summed E-state index contributed by atoms with van der Waals surface area (Å²) in [4.78, 5) is 25.3. The number of ether oxygens (including phenoxy) is 2. The molecule has 0 saturated heterocycles. The van der Waals surface area contributed by atoms with Crippen LogP contribution in [0.1, 0.15) is 88.5 Å². The fourth-order valence-electron chi connectivity index (χ4n) is 5.10. The third-order valence-corrected chi connectivity index (χ3v) is 13.7. The number of carbonyl (C=O) groups excluding carboxylic acids is 2. The lowest BCUT2D eigenvalue weighted by molar-refractivity contribution is -0.164. The second kappa shape index (κ2) is 12.0. The van der Waals surface area contributed by atoms with Crippen molar-refractivity contribution in [2.75, 3.05) is 13.2 Å². The molecule has 0 radical (unpaired) electrons. The average molecular weight is 481 g/mol. The Bertz CT molecular complexity index is 626. The molecule has 0 unspecified atom stereocenters. The molecule has 33 heavy (non-hydrogen) atoms. The van der Waals surface area contributed by atoms with Crippen LogP contribution in [0.5, 0.6) is 0 Å². The molecule has 1 aliphatic rings. The first-order chi connectivity index (χ1) is 15.2. The summed E-state index contributed by atoms with van der Waals surface area (Å²) in [6.45, 7) is 21.2. The van der Waals surface area contributed by atoms with Gasteiger partial charge in [0.25, 0.3) is 0 Å². The number of rotatable bonds is 11. The van der Waals surface area contributed by atoms with Crippen molar-refractivity contribution in [3.8, 4) is 0 Å². The van der Waals surface area contributed by atoms with Gasteiger partial charge in [-0.25, -0.2) is 0 Å². The quantitative estimate of drug-likeness (QED) is 0.173. The summed E-state index contributed by atoms with van der Waals surface area (Å²) in [5.41, 5.74) is -1.40. The minimum atomic E-state index is -1.32. The Morgan fingerprint density at radius 3 is 1.67 bits per heavy atom. The monoisotopic (exact) mass is 480 g/mol. The molecule has 1 aliphatic carbocycles. The highest BCUT2D eigenvalue weighted by molar-refractivity contribution is 6.79. The highest BCUT2D eigenvalue weighted by atomic mass is 28.3. The molecule has 0 N–H and O–H groups in total. The standard InChI is InChI=1S/C28H52O4Si/c1-11-15-16-22-17-28(20-31-24(29)26(5,6)7,21-32-25(30)27(8,9)10)18-23(22)19-33(12-2,13-3)14-4/h15-16,22-23H,11-14,17-21H2,1-10H3/b16-15+/t22-,23+/m1/s1. The average Bonchev–Trinajstić information content (AvgIpc) is 3.08. The van der Waals surface area contributed by atoms with Crippen LogP contribution in [-0.2, 0) is 19.1 Å². The minimum absolute atomic E-state index is 0.187. The number of hydrogen-bond donors (Lipinski definition) is 0. The van der Waals surface area contributed by atoms with E-state index in [1.165, 1.54) is 24.2 Å². The molecule has 0 aromatic heterocycles. The van der Waals surface area contributed by atoms with Crippen molar-refractivity contribution < 1.29 is 19.1 Å². The van der Waals surface area contributed by atoms with Crippen LogP contribution < -0.4 is 0 Å². The molecule has 0 aromatic rings. The zero-order chi connectivity index (χ0) is 25.5. The summed E-state index contributed by atoms with van der Waals surface area (Å²) >= 11 is 0. The van der Waals surface area contributed by atoms with Gasteiger partial charge in [-0.3, -0.25) is 9.59 Å². The van der Waals surface area contributed by atoms with Crippen LogP contribution in [0.15, 0.2) is 12.2 Å². The molecular weight excluding hydrogens is 428 g/mol. The molecule has 4 nitrogen and oxygen atoms in total. The molecule has 0 spiro atoms. The Labute approximate surface area is 205 Å². The van der Waals surface area contributed by atoms with Crippen LogP contribution in [0.3, 0.4) is 0 Å². The molecule has 0 amide bonds. The summed E-state index contributed by atoms with van der Waals surface area (Å²) in [6, 6.07) is 5.24. The van der Waals surface area contributed by atoms with Gasteiger partial charge >= 0.3 is 11.9 Å². The number of hydrogen-bond acceptors (Lipinski definition) is 4. The van der Waals surface area contributed by atoms with E-state index < -0.39 is 18.9 Å². The Hall–Kier alpha value is -1.10. The van der Waals surface area contributed by atoms with Gasteiger partial charge in [-0.15, -0.1) is 0 Å². The maximum Gasteiger partial charge on any atom is 0.311 e. The maximum atomic E-state index is 12.6. The zero-order valence-electron chi connectivity index (χ0n) is 23.3. The van der Waals surface area contributed by atoms with Crippen LogP contribution in [0, 0.1) is 28.1 Å². The molecule has 1 rings (SSSR count). The summed E-state index contributed by atoms with van der Waals surface area (Å²) in [5, 5.41) is 0. The van der Waals surface area contributed by atoms with E-state index in [2.05, 4.69) is 39.8 Å². The smallest absolute Gasteiger partial charge is 0.311 e. The zero-order valence-corrected chi connectivity index (χ0v) is 24.3. The second-order valence-corrected chi connectivity index (χ2v) is 18.1. The van der Waals surface area contributed by atoms with Crippen LogP contribution in [0.2, 0.25) is 24.2 Å². The van der Waals surface area contributed by atoms with Crippen LogP contribution >= 0.6 is 0 Å². The van der Waals surface area contributed by atoms with E-state index in [4.69, 9.17) is 9.47 Å². The van der Waals surface area contributed by atoms with Gasteiger partial charge in [-0.05, 0) is 72.6 Å².